The highest BCUT2D eigenvalue weighted by Crippen LogP contribution is 2.26. The number of anilines is 1. The summed E-state index contributed by atoms with van der Waals surface area (Å²) >= 11 is 0. The van der Waals surface area contributed by atoms with Crippen LogP contribution < -0.4 is 15.0 Å². The van der Waals surface area contributed by atoms with Gasteiger partial charge in [0.15, 0.2) is 0 Å². The zero-order chi connectivity index (χ0) is 20.4. The lowest BCUT2D eigenvalue weighted by molar-refractivity contribution is -0.126. The number of ether oxygens (including phenoxy) is 1. The van der Waals surface area contributed by atoms with E-state index in [4.69, 9.17) is 4.74 Å². The second-order valence-electron chi connectivity index (χ2n) is 7.51. The summed E-state index contributed by atoms with van der Waals surface area (Å²) < 4.78 is 5.30. The molecule has 0 bridgehead atoms. The third-order valence-electron chi connectivity index (χ3n) is 5.51. The van der Waals surface area contributed by atoms with Gasteiger partial charge in [-0.2, -0.15) is 0 Å². The Morgan fingerprint density at radius 1 is 1.24 bits per heavy atom. The van der Waals surface area contributed by atoms with Crippen LogP contribution in [0.1, 0.15) is 17.5 Å². The summed E-state index contributed by atoms with van der Waals surface area (Å²) in [5.74, 6) is 0.429. The van der Waals surface area contributed by atoms with Gasteiger partial charge >= 0.3 is 0 Å². The third kappa shape index (κ3) is 3.97. The fourth-order valence-electron chi connectivity index (χ4n) is 3.81. The van der Waals surface area contributed by atoms with Crippen LogP contribution in [0.5, 0.6) is 5.75 Å². The second kappa shape index (κ2) is 7.99. The highest BCUT2D eigenvalue weighted by Gasteiger charge is 2.34. The average Bonchev–Trinajstić information content (AvgIpc) is 3.32. The maximum Gasteiger partial charge on any atom is 0.227 e. The van der Waals surface area contributed by atoms with E-state index in [2.05, 4.69) is 10.3 Å². The van der Waals surface area contributed by atoms with Gasteiger partial charge in [-0.1, -0.05) is 17.7 Å². The molecule has 2 heterocycles. The molecule has 6 nitrogen and oxygen atoms in total. The average molecular weight is 391 g/mol. The Kier molecular flexibility index (Phi) is 5.25. The SMILES string of the molecule is COc1ccc2[nH]cc(CCNC(=O)[C@@H]3CC(=O)N(c4ccc(C)cc4)C3)c2c1. The molecule has 1 aliphatic rings. The van der Waals surface area contributed by atoms with E-state index in [1.165, 1.54) is 0 Å². The lowest BCUT2D eigenvalue weighted by Crippen LogP contribution is -2.34. The van der Waals surface area contributed by atoms with Crippen LogP contribution in [0.25, 0.3) is 10.9 Å². The van der Waals surface area contributed by atoms with Crippen molar-refractivity contribution in [3.8, 4) is 5.75 Å². The number of aromatic nitrogens is 1. The number of nitrogens with zero attached hydrogens (tertiary/aromatic N) is 1. The normalized spacial score (nSPS) is 16.4. The smallest absolute Gasteiger partial charge is 0.227 e. The number of aromatic amines is 1. The predicted molar refractivity (Wildman–Crippen MR) is 113 cm³/mol. The Morgan fingerprint density at radius 3 is 2.79 bits per heavy atom. The Bertz CT molecular complexity index is 1040. The minimum absolute atomic E-state index is 0.00210. The van der Waals surface area contributed by atoms with Gasteiger partial charge in [-0.15, -0.1) is 0 Å². The molecule has 0 saturated carbocycles. The Morgan fingerprint density at radius 2 is 2.03 bits per heavy atom. The first-order chi connectivity index (χ1) is 14.0. The first kappa shape index (κ1) is 19.1. The first-order valence-corrected chi connectivity index (χ1v) is 9.84. The molecule has 1 atom stereocenters. The quantitative estimate of drug-likeness (QED) is 0.678. The molecule has 29 heavy (non-hydrogen) atoms. The van der Waals surface area contributed by atoms with E-state index in [1.807, 2.05) is 55.6 Å². The summed E-state index contributed by atoms with van der Waals surface area (Å²) in [5.41, 5.74) is 4.17. The molecule has 2 amide bonds. The van der Waals surface area contributed by atoms with Gasteiger partial charge in [-0.05, 0) is 49.2 Å². The van der Waals surface area contributed by atoms with Crippen LogP contribution in [0, 0.1) is 12.8 Å². The second-order valence-corrected chi connectivity index (χ2v) is 7.51. The minimum atomic E-state index is -0.313. The van der Waals surface area contributed by atoms with Gasteiger partial charge in [0.1, 0.15) is 5.75 Å². The van der Waals surface area contributed by atoms with E-state index < -0.39 is 0 Å². The minimum Gasteiger partial charge on any atom is -0.497 e. The van der Waals surface area contributed by atoms with Gasteiger partial charge < -0.3 is 19.9 Å². The van der Waals surface area contributed by atoms with Crippen molar-refractivity contribution in [2.24, 2.45) is 5.92 Å². The number of rotatable bonds is 6. The van der Waals surface area contributed by atoms with Crippen LogP contribution in [0.2, 0.25) is 0 Å². The van der Waals surface area contributed by atoms with Crippen molar-refractivity contribution in [3.63, 3.8) is 0 Å². The van der Waals surface area contributed by atoms with Gasteiger partial charge in [0.05, 0.1) is 13.0 Å². The number of carbonyl (C=O) groups is 2. The standard InChI is InChI=1S/C23H25N3O3/c1-15-3-5-18(6-4-15)26-14-17(11-22(26)27)23(28)24-10-9-16-13-25-21-8-7-19(29-2)12-20(16)21/h3-8,12-13,17,25H,9-11,14H2,1-2H3,(H,24,28)/t17-/m1/s1. The molecule has 0 unspecified atom stereocenters. The Balaban J connectivity index is 1.34. The summed E-state index contributed by atoms with van der Waals surface area (Å²) in [6.45, 7) is 2.96. The highest BCUT2D eigenvalue weighted by molar-refractivity contribution is 6.00. The lowest BCUT2D eigenvalue weighted by atomic mass is 10.1. The molecule has 3 aromatic rings. The number of amides is 2. The molecule has 0 aliphatic carbocycles. The van der Waals surface area contributed by atoms with Crippen molar-refractivity contribution in [2.75, 3.05) is 25.1 Å². The van der Waals surface area contributed by atoms with Gasteiger partial charge in [0.2, 0.25) is 11.8 Å². The molecule has 2 aromatic carbocycles. The molecule has 150 valence electrons. The number of benzene rings is 2. The van der Waals surface area contributed by atoms with Gasteiger partial charge in [-0.3, -0.25) is 9.59 Å². The molecule has 1 aliphatic heterocycles. The summed E-state index contributed by atoms with van der Waals surface area (Å²) in [4.78, 5) is 29.9. The van der Waals surface area contributed by atoms with Crippen LogP contribution in [0.15, 0.2) is 48.7 Å². The third-order valence-corrected chi connectivity index (χ3v) is 5.51. The molecule has 6 heteroatoms. The van der Waals surface area contributed by atoms with E-state index in [0.717, 1.165) is 33.5 Å². The van der Waals surface area contributed by atoms with Crippen molar-refractivity contribution >= 4 is 28.4 Å². The molecular formula is C23H25N3O3. The molecule has 2 N–H and O–H groups in total. The van der Waals surface area contributed by atoms with Gasteiger partial charge in [0.25, 0.3) is 0 Å². The predicted octanol–water partition coefficient (Wildman–Crippen LogP) is 3.20. The lowest BCUT2D eigenvalue weighted by Gasteiger charge is -2.17. The van der Waals surface area contributed by atoms with Crippen LogP contribution in [0.3, 0.4) is 0 Å². The van der Waals surface area contributed by atoms with Crippen LogP contribution in [-0.2, 0) is 16.0 Å². The van der Waals surface area contributed by atoms with E-state index >= 15 is 0 Å². The summed E-state index contributed by atoms with van der Waals surface area (Å²) in [5, 5.41) is 4.09. The monoisotopic (exact) mass is 391 g/mol. The maximum absolute atomic E-state index is 12.6. The number of hydrogen-bond donors (Lipinski definition) is 2. The molecule has 1 fully saturated rings. The summed E-state index contributed by atoms with van der Waals surface area (Å²) in [6.07, 6.45) is 2.93. The molecule has 4 rings (SSSR count). The highest BCUT2D eigenvalue weighted by atomic mass is 16.5. The number of H-pyrrole nitrogens is 1. The van der Waals surface area contributed by atoms with Crippen LogP contribution >= 0.6 is 0 Å². The van der Waals surface area contributed by atoms with Crippen LogP contribution in [0.4, 0.5) is 5.69 Å². The van der Waals surface area contributed by atoms with E-state index in [-0.39, 0.29) is 24.2 Å². The largest absolute Gasteiger partial charge is 0.497 e. The van der Waals surface area contributed by atoms with Gasteiger partial charge in [-0.25, -0.2) is 0 Å². The molecule has 1 aromatic heterocycles. The number of aryl methyl sites for hydroxylation is 1. The van der Waals surface area contributed by atoms with E-state index in [9.17, 15) is 9.59 Å². The van der Waals surface area contributed by atoms with Gasteiger partial charge in [0, 0.05) is 42.3 Å². The number of fused-ring (bicyclic) bond motifs is 1. The van der Waals surface area contributed by atoms with Crippen molar-refractivity contribution < 1.29 is 14.3 Å². The molecule has 1 saturated heterocycles. The van der Waals surface area contributed by atoms with Crippen molar-refractivity contribution in [2.45, 2.75) is 19.8 Å². The number of hydrogen-bond acceptors (Lipinski definition) is 3. The number of nitrogens with one attached hydrogen (secondary N) is 2. The fraction of sp³-hybridized carbons (Fsp3) is 0.304. The fourth-order valence-corrected chi connectivity index (χ4v) is 3.81. The topological polar surface area (TPSA) is 74.4 Å². The summed E-state index contributed by atoms with van der Waals surface area (Å²) in [6, 6.07) is 13.7. The van der Waals surface area contributed by atoms with E-state index in [0.29, 0.717) is 19.5 Å². The van der Waals surface area contributed by atoms with E-state index in [1.54, 1.807) is 12.0 Å². The first-order valence-electron chi connectivity index (χ1n) is 9.84. The van der Waals surface area contributed by atoms with Crippen molar-refractivity contribution in [1.82, 2.24) is 10.3 Å². The zero-order valence-corrected chi connectivity index (χ0v) is 16.7. The zero-order valence-electron chi connectivity index (χ0n) is 16.7. The number of methoxy groups -OCH3 is 1. The maximum atomic E-state index is 12.6. The number of carbonyl (C=O) groups excluding carboxylic acids is 2. The van der Waals surface area contributed by atoms with Crippen molar-refractivity contribution in [1.29, 1.82) is 0 Å². The molecular weight excluding hydrogens is 366 g/mol. The molecule has 0 radical (unpaired) electrons. The molecule has 0 spiro atoms. The van der Waals surface area contributed by atoms with Crippen LogP contribution in [-0.4, -0.2) is 37.0 Å². The Labute approximate surface area is 169 Å². The Hall–Kier alpha value is -3.28. The summed E-state index contributed by atoms with van der Waals surface area (Å²) in [7, 11) is 1.65. The van der Waals surface area contributed by atoms with Crippen molar-refractivity contribution in [3.05, 3.63) is 59.8 Å².